The van der Waals surface area contributed by atoms with Gasteiger partial charge >= 0.3 is 0 Å². The molecular weight excluding hydrogens is 364 g/mol. The number of carbonyl (C=O) groups is 1. The number of carbonyl (C=O) groups excluding carboxylic acids is 1. The van der Waals surface area contributed by atoms with Crippen molar-refractivity contribution in [1.82, 2.24) is 25.1 Å². The first-order chi connectivity index (χ1) is 14.1. The number of amides is 1. The number of pyridine rings is 1. The van der Waals surface area contributed by atoms with Crippen molar-refractivity contribution in [3.8, 4) is 11.4 Å². The molecule has 4 rings (SSSR count). The highest BCUT2D eigenvalue weighted by Crippen LogP contribution is 2.22. The van der Waals surface area contributed by atoms with Crippen LogP contribution in [0, 0.1) is 6.92 Å². The molecule has 1 fully saturated rings. The average Bonchev–Trinajstić information content (AvgIpc) is 3.41. The summed E-state index contributed by atoms with van der Waals surface area (Å²) < 4.78 is 0. The lowest BCUT2D eigenvalue weighted by Gasteiger charge is -2.25. The third-order valence-electron chi connectivity index (χ3n) is 5.30. The van der Waals surface area contributed by atoms with Gasteiger partial charge in [-0.2, -0.15) is 5.10 Å². The number of likely N-dealkylation sites (tertiary alicyclic amines) is 1. The minimum atomic E-state index is 0.0716. The molecule has 1 aromatic carbocycles. The predicted octanol–water partition coefficient (Wildman–Crippen LogP) is 3.45. The van der Waals surface area contributed by atoms with Gasteiger partial charge in [-0.1, -0.05) is 25.1 Å². The molecule has 29 heavy (non-hydrogen) atoms. The molecule has 1 amide bonds. The largest absolute Gasteiger partial charge is 0.368 e. The van der Waals surface area contributed by atoms with Crippen LogP contribution >= 0.6 is 0 Å². The Bertz CT molecular complexity index is 981. The highest BCUT2D eigenvalue weighted by atomic mass is 16.2. The maximum atomic E-state index is 13.1. The van der Waals surface area contributed by atoms with Gasteiger partial charge in [0.05, 0.1) is 0 Å². The van der Waals surface area contributed by atoms with Crippen molar-refractivity contribution in [3.63, 3.8) is 0 Å². The Labute approximate surface area is 170 Å². The molecule has 1 aliphatic heterocycles. The van der Waals surface area contributed by atoms with E-state index in [1.54, 1.807) is 0 Å². The number of aromatic amines is 1. The number of benzene rings is 1. The molecular formula is C22H26N6O. The summed E-state index contributed by atoms with van der Waals surface area (Å²) in [7, 11) is 0. The van der Waals surface area contributed by atoms with Crippen molar-refractivity contribution in [1.29, 1.82) is 0 Å². The summed E-state index contributed by atoms with van der Waals surface area (Å²) in [5.74, 6) is 2.44. The normalized spacial score (nSPS) is 16.2. The highest BCUT2D eigenvalue weighted by Gasteiger charge is 2.29. The molecule has 3 aromatic rings. The molecule has 0 bridgehead atoms. The standard InChI is InChI=1S/C22H26N6O/c1-3-19-25-21(27-26-19)16-9-11-17(12-10-16)22(29)28-13-5-7-18(28)14-23-20-8-4-6-15(2)24-20/h4,6,8-12,18H,3,5,7,13-14H2,1-2H3,(H,23,24)(H,25,26,27). The second kappa shape index (κ2) is 8.43. The molecule has 7 heteroatoms. The Morgan fingerprint density at radius 3 is 2.76 bits per heavy atom. The number of hydrogen-bond acceptors (Lipinski definition) is 5. The number of nitrogens with zero attached hydrogens (tertiary/aromatic N) is 4. The van der Waals surface area contributed by atoms with Crippen LogP contribution in [0.15, 0.2) is 42.5 Å². The Morgan fingerprint density at radius 1 is 1.21 bits per heavy atom. The van der Waals surface area contributed by atoms with Crippen molar-refractivity contribution < 1.29 is 4.79 Å². The van der Waals surface area contributed by atoms with Crippen molar-refractivity contribution in [2.45, 2.75) is 39.2 Å². The van der Waals surface area contributed by atoms with Crippen LogP contribution in [0.1, 0.15) is 41.6 Å². The predicted molar refractivity (Wildman–Crippen MR) is 113 cm³/mol. The van der Waals surface area contributed by atoms with Crippen molar-refractivity contribution >= 4 is 11.7 Å². The summed E-state index contributed by atoms with van der Waals surface area (Å²) in [6.07, 6.45) is 2.83. The van der Waals surface area contributed by atoms with E-state index in [0.717, 1.165) is 48.7 Å². The molecule has 2 aromatic heterocycles. The lowest BCUT2D eigenvalue weighted by molar-refractivity contribution is 0.0743. The summed E-state index contributed by atoms with van der Waals surface area (Å²) in [5.41, 5.74) is 2.58. The first-order valence-electron chi connectivity index (χ1n) is 10.1. The fourth-order valence-corrected chi connectivity index (χ4v) is 3.69. The van der Waals surface area contributed by atoms with Crippen LogP contribution in [0.4, 0.5) is 5.82 Å². The van der Waals surface area contributed by atoms with Crippen LogP contribution in [-0.2, 0) is 6.42 Å². The van der Waals surface area contributed by atoms with Crippen LogP contribution in [0.25, 0.3) is 11.4 Å². The van der Waals surface area contributed by atoms with Crippen molar-refractivity contribution in [2.24, 2.45) is 0 Å². The maximum Gasteiger partial charge on any atom is 0.254 e. The molecule has 1 aliphatic rings. The third-order valence-corrected chi connectivity index (χ3v) is 5.30. The molecule has 150 valence electrons. The van der Waals surface area contributed by atoms with Gasteiger partial charge in [0, 0.05) is 42.4 Å². The molecule has 0 spiro atoms. The van der Waals surface area contributed by atoms with E-state index in [4.69, 9.17) is 0 Å². The molecule has 1 saturated heterocycles. The summed E-state index contributed by atoms with van der Waals surface area (Å²) >= 11 is 0. The molecule has 0 saturated carbocycles. The van der Waals surface area contributed by atoms with Crippen LogP contribution in [0.2, 0.25) is 0 Å². The number of aryl methyl sites for hydroxylation is 2. The topological polar surface area (TPSA) is 86.8 Å². The minimum Gasteiger partial charge on any atom is -0.368 e. The van der Waals surface area contributed by atoms with Gasteiger partial charge in [0.25, 0.3) is 5.91 Å². The van der Waals surface area contributed by atoms with E-state index in [1.807, 2.05) is 61.2 Å². The summed E-state index contributed by atoms with van der Waals surface area (Å²) in [5, 5.41) is 10.5. The Hall–Kier alpha value is -3.22. The molecule has 0 aliphatic carbocycles. The Kier molecular flexibility index (Phi) is 5.55. The Balaban J connectivity index is 1.42. The van der Waals surface area contributed by atoms with Crippen LogP contribution in [-0.4, -0.2) is 50.1 Å². The number of aromatic nitrogens is 4. The van der Waals surface area contributed by atoms with Gasteiger partial charge in [-0.25, -0.2) is 9.97 Å². The molecule has 2 N–H and O–H groups in total. The van der Waals surface area contributed by atoms with Gasteiger partial charge < -0.3 is 10.2 Å². The second-order valence-corrected chi connectivity index (χ2v) is 7.38. The van der Waals surface area contributed by atoms with Crippen LogP contribution < -0.4 is 5.32 Å². The Morgan fingerprint density at radius 2 is 2.03 bits per heavy atom. The van der Waals surface area contributed by atoms with E-state index in [-0.39, 0.29) is 11.9 Å². The number of rotatable bonds is 6. The zero-order valence-corrected chi connectivity index (χ0v) is 16.9. The maximum absolute atomic E-state index is 13.1. The SMILES string of the molecule is CCc1nc(-c2ccc(C(=O)N3CCCC3CNc3cccc(C)n3)cc2)n[nH]1. The first-order valence-corrected chi connectivity index (χ1v) is 10.1. The molecule has 1 atom stereocenters. The zero-order chi connectivity index (χ0) is 20.2. The third kappa shape index (κ3) is 4.29. The van der Waals surface area contributed by atoms with Gasteiger partial charge in [0.2, 0.25) is 0 Å². The fourth-order valence-electron chi connectivity index (χ4n) is 3.69. The number of hydrogen-bond donors (Lipinski definition) is 2. The zero-order valence-electron chi connectivity index (χ0n) is 16.9. The van der Waals surface area contributed by atoms with Gasteiger partial charge in [0.1, 0.15) is 11.6 Å². The minimum absolute atomic E-state index is 0.0716. The van der Waals surface area contributed by atoms with E-state index in [0.29, 0.717) is 17.9 Å². The smallest absolute Gasteiger partial charge is 0.254 e. The van der Waals surface area contributed by atoms with Crippen molar-refractivity contribution in [3.05, 3.63) is 59.5 Å². The summed E-state index contributed by atoms with van der Waals surface area (Å²) in [6, 6.07) is 13.6. The van der Waals surface area contributed by atoms with Crippen LogP contribution in [0.3, 0.4) is 0 Å². The average molecular weight is 390 g/mol. The lowest BCUT2D eigenvalue weighted by Crippen LogP contribution is -2.39. The number of anilines is 1. The van der Waals surface area contributed by atoms with Gasteiger partial charge in [-0.3, -0.25) is 9.89 Å². The summed E-state index contributed by atoms with van der Waals surface area (Å²) in [6.45, 7) is 5.50. The monoisotopic (exact) mass is 390 g/mol. The molecule has 3 heterocycles. The van der Waals surface area contributed by atoms with Crippen molar-refractivity contribution in [2.75, 3.05) is 18.4 Å². The van der Waals surface area contributed by atoms with Gasteiger partial charge in [-0.15, -0.1) is 0 Å². The van der Waals surface area contributed by atoms with Crippen LogP contribution in [0.5, 0.6) is 0 Å². The highest BCUT2D eigenvalue weighted by molar-refractivity contribution is 5.95. The quantitative estimate of drug-likeness (QED) is 0.673. The molecule has 1 unspecified atom stereocenters. The number of H-pyrrole nitrogens is 1. The number of nitrogens with one attached hydrogen (secondary N) is 2. The van der Waals surface area contributed by atoms with Gasteiger partial charge in [0.15, 0.2) is 5.82 Å². The van der Waals surface area contributed by atoms with E-state index in [1.165, 1.54) is 0 Å². The summed E-state index contributed by atoms with van der Waals surface area (Å²) in [4.78, 5) is 24.0. The second-order valence-electron chi connectivity index (χ2n) is 7.38. The lowest BCUT2D eigenvalue weighted by atomic mass is 10.1. The van der Waals surface area contributed by atoms with E-state index < -0.39 is 0 Å². The van der Waals surface area contributed by atoms with E-state index in [2.05, 4.69) is 25.5 Å². The van der Waals surface area contributed by atoms with E-state index >= 15 is 0 Å². The molecule has 0 radical (unpaired) electrons. The fraction of sp³-hybridized carbons (Fsp3) is 0.364. The van der Waals surface area contributed by atoms with Gasteiger partial charge in [-0.05, 0) is 44.0 Å². The first kappa shape index (κ1) is 19.1. The van der Waals surface area contributed by atoms with E-state index in [9.17, 15) is 4.79 Å². The molecule has 7 nitrogen and oxygen atoms in total.